The molecule has 0 amide bonds. The van der Waals surface area contributed by atoms with E-state index in [-0.39, 0.29) is 17.5 Å². The Bertz CT molecular complexity index is 453. The fourth-order valence-electron chi connectivity index (χ4n) is 2.43. The van der Waals surface area contributed by atoms with Crippen molar-refractivity contribution >= 4 is 17.6 Å². The van der Waals surface area contributed by atoms with E-state index in [0.29, 0.717) is 12.1 Å². The molecule has 1 atom stereocenters. The maximum Gasteiger partial charge on any atom is 0.304 e. The van der Waals surface area contributed by atoms with Gasteiger partial charge in [-0.2, -0.15) is 0 Å². The van der Waals surface area contributed by atoms with Crippen molar-refractivity contribution in [1.29, 1.82) is 0 Å². The summed E-state index contributed by atoms with van der Waals surface area (Å²) in [6.45, 7) is 1.23. The van der Waals surface area contributed by atoms with E-state index in [1.165, 1.54) is 6.07 Å². The van der Waals surface area contributed by atoms with Crippen LogP contribution in [0, 0.1) is 5.82 Å². The van der Waals surface area contributed by atoms with Gasteiger partial charge in [-0.1, -0.05) is 23.7 Å². The normalized spacial score (nSPS) is 20.2. The average Bonchev–Trinajstić information content (AvgIpc) is 2.72. The van der Waals surface area contributed by atoms with Crippen LogP contribution in [-0.2, 0) is 11.3 Å². The molecule has 1 heterocycles. The molecule has 18 heavy (non-hydrogen) atoms. The van der Waals surface area contributed by atoms with Crippen molar-refractivity contribution < 1.29 is 14.3 Å². The molecule has 0 radical (unpaired) electrons. The van der Waals surface area contributed by atoms with Gasteiger partial charge in [-0.25, -0.2) is 4.39 Å². The summed E-state index contributed by atoms with van der Waals surface area (Å²) in [5.41, 5.74) is 0.528. The third-order valence-electron chi connectivity index (χ3n) is 3.31. The number of carbonyl (C=O) groups is 1. The number of benzene rings is 1. The first-order chi connectivity index (χ1) is 8.58. The van der Waals surface area contributed by atoms with Crippen molar-refractivity contribution in [3.05, 3.63) is 34.6 Å². The summed E-state index contributed by atoms with van der Waals surface area (Å²) >= 11 is 5.73. The summed E-state index contributed by atoms with van der Waals surface area (Å²) in [6.07, 6.45) is 1.93. The molecule has 0 saturated carbocycles. The molecule has 1 unspecified atom stereocenters. The Morgan fingerprint density at radius 3 is 3.06 bits per heavy atom. The number of hydrogen-bond donors (Lipinski definition) is 1. The zero-order chi connectivity index (χ0) is 13.1. The molecule has 1 saturated heterocycles. The largest absolute Gasteiger partial charge is 0.481 e. The summed E-state index contributed by atoms with van der Waals surface area (Å²) in [5, 5.41) is 8.95. The first-order valence-corrected chi connectivity index (χ1v) is 6.34. The maximum atomic E-state index is 13.8. The molecule has 1 aliphatic rings. The Morgan fingerprint density at radius 2 is 2.33 bits per heavy atom. The van der Waals surface area contributed by atoms with Gasteiger partial charge in [0.2, 0.25) is 0 Å². The number of nitrogens with zero attached hydrogens (tertiary/aromatic N) is 1. The predicted molar refractivity (Wildman–Crippen MR) is 67.1 cm³/mol. The molecule has 0 aliphatic carbocycles. The highest BCUT2D eigenvalue weighted by atomic mass is 35.5. The quantitative estimate of drug-likeness (QED) is 0.915. The van der Waals surface area contributed by atoms with Gasteiger partial charge in [-0.3, -0.25) is 9.69 Å². The van der Waals surface area contributed by atoms with Gasteiger partial charge in [0.15, 0.2) is 0 Å². The van der Waals surface area contributed by atoms with Crippen LogP contribution >= 0.6 is 11.6 Å². The van der Waals surface area contributed by atoms with Crippen LogP contribution in [0.3, 0.4) is 0 Å². The molecular weight excluding hydrogens is 257 g/mol. The van der Waals surface area contributed by atoms with E-state index >= 15 is 0 Å². The van der Waals surface area contributed by atoms with E-state index < -0.39 is 11.8 Å². The van der Waals surface area contributed by atoms with Crippen molar-refractivity contribution in [1.82, 2.24) is 4.90 Å². The number of carboxylic acids is 1. The van der Waals surface area contributed by atoms with E-state index in [9.17, 15) is 9.18 Å². The minimum atomic E-state index is -0.807. The van der Waals surface area contributed by atoms with Crippen molar-refractivity contribution in [2.24, 2.45) is 0 Å². The van der Waals surface area contributed by atoms with E-state index in [0.717, 1.165) is 19.4 Å². The highest BCUT2D eigenvalue weighted by Crippen LogP contribution is 2.25. The number of carboxylic acid groups (broad SMARTS) is 1. The van der Waals surface area contributed by atoms with Gasteiger partial charge in [-0.05, 0) is 25.5 Å². The second kappa shape index (κ2) is 5.67. The Hall–Kier alpha value is -1.13. The summed E-state index contributed by atoms with van der Waals surface area (Å²) in [6, 6.07) is 4.92. The van der Waals surface area contributed by atoms with Crippen LogP contribution in [-0.4, -0.2) is 28.6 Å². The Balaban J connectivity index is 2.08. The molecule has 1 aromatic carbocycles. The molecule has 0 bridgehead atoms. The molecule has 2 rings (SSSR count). The fraction of sp³-hybridized carbons (Fsp3) is 0.462. The zero-order valence-corrected chi connectivity index (χ0v) is 10.7. The number of hydrogen-bond acceptors (Lipinski definition) is 2. The number of likely N-dealkylation sites (tertiary alicyclic amines) is 1. The van der Waals surface area contributed by atoms with Crippen molar-refractivity contribution in [2.45, 2.75) is 31.8 Å². The SMILES string of the molecule is O=C(O)CC1CCCN1Cc1cccc(Cl)c1F. The predicted octanol–water partition coefficient (Wildman–Crippen LogP) is 2.92. The molecule has 0 spiro atoms. The van der Waals surface area contributed by atoms with E-state index in [2.05, 4.69) is 0 Å². The molecule has 1 aliphatic heterocycles. The third-order valence-corrected chi connectivity index (χ3v) is 3.61. The first kappa shape index (κ1) is 13.3. The molecule has 5 heteroatoms. The van der Waals surface area contributed by atoms with Gasteiger partial charge in [0, 0.05) is 18.2 Å². The van der Waals surface area contributed by atoms with Crippen LogP contribution in [0.1, 0.15) is 24.8 Å². The second-order valence-corrected chi connectivity index (χ2v) is 4.98. The molecule has 0 aromatic heterocycles. The van der Waals surface area contributed by atoms with Gasteiger partial charge < -0.3 is 5.11 Å². The summed E-state index contributed by atoms with van der Waals surface area (Å²) in [4.78, 5) is 12.8. The zero-order valence-electron chi connectivity index (χ0n) is 9.90. The molecule has 3 nitrogen and oxygen atoms in total. The topological polar surface area (TPSA) is 40.5 Å². The lowest BCUT2D eigenvalue weighted by atomic mass is 10.1. The summed E-state index contributed by atoms with van der Waals surface area (Å²) in [7, 11) is 0. The van der Waals surface area contributed by atoms with Crippen LogP contribution in [0.25, 0.3) is 0 Å². The van der Waals surface area contributed by atoms with Crippen LogP contribution in [0.4, 0.5) is 4.39 Å². The highest BCUT2D eigenvalue weighted by Gasteiger charge is 2.27. The van der Waals surface area contributed by atoms with Gasteiger partial charge in [0.05, 0.1) is 11.4 Å². The number of rotatable bonds is 4. The molecule has 1 aromatic rings. The Morgan fingerprint density at radius 1 is 1.56 bits per heavy atom. The second-order valence-electron chi connectivity index (χ2n) is 4.58. The van der Waals surface area contributed by atoms with Crippen LogP contribution in [0.5, 0.6) is 0 Å². The number of halogens is 2. The van der Waals surface area contributed by atoms with Crippen molar-refractivity contribution in [3.8, 4) is 0 Å². The van der Waals surface area contributed by atoms with Gasteiger partial charge in [-0.15, -0.1) is 0 Å². The van der Waals surface area contributed by atoms with Gasteiger partial charge in [0.1, 0.15) is 5.82 Å². The first-order valence-electron chi connectivity index (χ1n) is 5.96. The molecule has 1 fully saturated rings. The standard InChI is InChI=1S/C13H15ClFNO2/c14-11-5-1-3-9(13(11)15)8-16-6-2-4-10(16)7-12(17)18/h1,3,5,10H,2,4,6-8H2,(H,17,18). The van der Waals surface area contributed by atoms with Crippen LogP contribution < -0.4 is 0 Å². The smallest absolute Gasteiger partial charge is 0.304 e. The van der Waals surface area contributed by atoms with Gasteiger partial charge in [0.25, 0.3) is 0 Å². The average molecular weight is 272 g/mol. The maximum absolute atomic E-state index is 13.8. The molecule has 98 valence electrons. The lowest BCUT2D eigenvalue weighted by Gasteiger charge is -2.23. The minimum Gasteiger partial charge on any atom is -0.481 e. The van der Waals surface area contributed by atoms with Crippen molar-refractivity contribution in [2.75, 3.05) is 6.54 Å². The Kier molecular flexibility index (Phi) is 4.19. The molecular formula is C13H15ClFNO2. The highest BCUT2D eigenvalue weighted by molar-refractivity contribution is 6.30. The monoisotopic (exact) mass is 271 g/mol. The summed E-state index contributed by atoms with van der Waals surface area (Å²) in [5.74, 6) is -1.21. The van der Waals surface area contributed by atoms with Crippen LogP contribution in [0.2, 0.25) is 5.02 Å². The number of aliphatic carboxylic acids is 1. The molecule has 1 N–H and O–H groups in total. The summed E-state index contributed by atoms with van der Waals surface area (Å²) < 4.78 is 13.8. The van der Waals surface area contributed by atoms with Gasteiger partial charge >= 0.3 is 5.97 Å². The minimum absolute atomic E-state index is 0.000816. The third kappa shape index (κ3) is 3.00. The van der Waals surface area contributed by atoms with E-state index in [1.54, 1.807) is 12.1 Å². The lowest BCUT2D eigenvalue weighted by Crippen LogP contribution is -2.31. The Labute approximate surface area is 110 Å². The van der Waals surface area contributed by atoms with E-state index in [1.807, 2.05) is 4.90 Å². The van der Waals surface area contributed by atoms with Crippen LogP contribution in [0.15, 0.2) is 18.2 Å². The fourth-order valence-corrected chi connectivity index (χ4v) is 2.62. The van der Waals surface area contributed by atoms with E-state index in [4.69, 9.17) is 16.7 Å². The lowest BCUT2D eigenvalue weighted by molar-refractivity contribution is -0.138. The van der Waals surface area contributed by atoms with Crippen molar-refractivity contribution in [3.63, 3.8) is 0 Å².